The second-order valence-corrected chi connectivity index (χ2v) is 15.1. The Kier molecular flexibility index (Phi) is 6.96. The highest BCUT2D eigenvalue weighted by Gasteiger charge is 2.21. The second kappa shape index (κ2) is 12.5. The standard InChI is InChI=1S/C49H27N5O2S/c1-3-12-28(13-4-1)43-45-44(33-17-8-10-20-38(33)56-45)51-49(50-43)35-18-11-21-40-42(35)34-24-22-31(27-41(34)57-40)48-53-46(29-14-5-2-6-15-29)52-47(54-48)30-23-25-39-36(26-30)32-16-7-9-19-37(32)55-39/h1-27H. The summed E-state index contributed by atoms with van der Waals surface area (Å²) in [4.78, 5) is 25.6. The molecule has 12 aromatic rings. The number of hydrogen-bond acceptors (Lipinski definition) is 8. The van der Waals surface area contributed by atoms with E-state index in [1.165, 1.54) is 0 Å². The average molecular weight is 750 g/mol. The van der Waals surface area contributed by atoms with Crippen LogP contribution in [0, 0.1) is 0 Å². The van der Waals surface area contributed by atoms with E-state index < -0.39 is 0 Å². The van der Waals surface area contributed by atoms with E-state index in [9.17, 15) is 0 Å². The van der Waals surface area contributed by atoms with Gasteiger partial charge in [-0.25, -0.2) is 24.9 Å². The van der Waals surface area contributed by atoms with Crippen molar-refractivity contribution in [1.29, 1.82) is 0 Å². The number of nitrogens with zero attached hydrogens (tertiary/aromatic N) is 5. The lowest BCUT2D eigenvalue weighted by atomic mass is 10.0. The van der Waals surface area contributed by atoms with Gasteiger partial charge in [0.2, 0.25) is 0 Å². The van der Waals surface area contributed by atoms with Crippen LogP contribution in [0.15, 0.2) is 173 Å². The van der Waals surface area contributed by atoms with Gasteiger partial charge in [0.1, 0.15) is 28.0 Å². The molecule has 8 heteroatoms. The normalized spacial score (nSPS) is 11.9. The molecule has 7 nitrogen and oxygen atoms in total. The Morgan fingerprint density at radius 2 is 1.00 bits per heavy atom. The van der Waals surface area contributed by atoms with Crippen LogP contribution < -0.4 is 0 Å². The minimum absolute atomic E-state index is 0.596. The first-order chi connectivity index (χ1) is 28.2. The maximum absolute atomic E-state index is 6.39. The molecule has 0 saturated carbocycles. The predicted molar refractivity (Wildman–Crippen MR) is 230 cm³/mol. The molecular formula is C49H27N5O2S. The van der Waals surface area contributed by atoms with Gasteiger partial charge >= 0.3 is 0 Å². The van der Waals surface area contributed by atoms with Crippen LogP contribution in [0.4, 0.5) is 0 Å². The van der Waals surface area contributed by atoms with Gasteiger partial charge in [-0.15, -0.1) is 11.3 Å². The molecule has 0 aliphatic carbocycles. The van der Waals surface area contributed by atoms with Gasteiger partial charge in [0, 0.05) is 64.1 Å². The lowest BCUT2D eigenvalue weighted by Crippen LogP contribution is -2.00. The van der Waals surface area contributed by atoms with E-state index in [4.69, 9.17) is 33.8 Å². The third-order valence-electron chi connectivity index (χ3n) is 10.6. The Bertz CT molecular complexity index is 3540. The van der Waals surface area contributed by atoms with Crippen molar-refractivity contribution < 1.29 is 8.83 Å². The number of furan rings is 2. The molecule has 0 saturated heterocycles. The Morgan fingerprint density at radius 3 is 1.79 bits per heavy atom. The van der Waals surface area contributed by atoms with E-state index in [1.54, 1.807) is 11.3 Å². The van der Waals surface area contributed by atoms with Crippen molar-refractivity contribution in [2.24, 2.45) is 0 Å². The molecule has 0 aliphatic rings. The summed E-state index contributed by atoms with van der Waals surface area (Å²) in [5.41, 5.74) is 9.36. The number of hydrogen-bond donors (Lipinski definition) is 0. The van der Waals surface area contributed by atoms with Crippen LogP contribution in [-0.4, -0.2) is 24.9 Å². The van der Waals surface area contributed by atoms with Crippen molar-refractivity contribution in [2.75, 3.05) is 0 Å². The molecule has 0 unspecified atom stereocenters. The largest absolute Gasteiger partial charge is 0.456 e. The van der Waals surface area contributed by atoms with E-state index in [-0.39, 0.29) is 0 Å². The molecule has 12 rings (SSSR count). The van der Waals surface area contributed by atoms with Crippen molar-refractivity contribution in [3.63, 3.8) is 0 Å². The number of aromatic nitrogens is 5. The maximum Gasteiger partial charge on any atom is 0.180 e. The van der Waals surface area contributed by atoms with Crippen LogP contribution in [0.25, 0.3) is 121 Å². The summed E-state index contributed by atoms with van der Waals surface area (Å²) in [7, 11) is 0. The van der Waals surface area contributed by atoms with Crippen LogP contribution in [-0.2, 0) is 0 Å². The monoisotopic (exact) mass is 749 g/mol. The van der Waals surface area contributed by atoms with Crippen molar-refractivity contribution >= 4 is 75.5 Å². The summed E-state index contributed by atoms with van der Waals surface area (Å²) < 4.78 is 14.8. The molecule has 266 valence electrons. The van der Waals surface area contributed by atoms with Gasteiger partial charge in [-0.05, 0) is 48.5 Å². The van der Waals surface area contributed by atoms with Crippen LogP contribution in [0.2, 0.25) is 0 Å². The van der Waals surface area contributed by atoms with Crippen LogP contribution >= 0.6 is 11.3 Å². The number of fused-ring (bicyclic) bond motifs is 9. The van der Waals surface area contributed by atoms with Gasteiger partial charge in [-0.2, -0.15) is 0 Å². The molecular weight excluding hydrogens is 723 g/mol. The van der Waals surface area contributed by atoms with E-state index in [0.29, 0.717) is 28.9 Å². The number of benzene rings is 7. The zero-order valence-electron chi connectivity index (χ0n) is 30.0. The van der Waals surface area contributed by atoms with Gasteiger partial charge in [0.25, 0.3) is 0 Å². The fourth-order valence-electron chi connectivity index (χ4n) is 7.87. The lowest BCUT2D eigenvalue weighted by Gasteiger charge is -2.09. The molecule has 0 radical (unpaired) electrons. The zero-order valence-corrected chi connectivity index (χ0v) is 30.9. The van der Waals surface area contributed by atoms with Crippen LogP contribution in [0.3, 0.4) is 0 Å². The maximum atomic E-state index is 6.39. The Hall–Kier alpha value is -7.55. The van der Waals surface area contributed by atoms with Gasteiger partial charge < -0.3 is 8.83 Å². The second-order valence-electron chi connectivity index (χ2n) is 14.0. The van der Waals surface area contributed by atoms with Gasteiger partial charge in [-0.3, -0.25) is 0 Å². The number of para-hydroxylation sites is 2. The van der Waals surface area contributed by atoms with Crippen molar-refractivity contribution in [3.05, 3.63) is 164 Å². The molecule has 0 bridgehead atoms. The fourth-order valence-corrected chi connectivity index (χ4v) is 9.04. The highest BCUT2D eigenvalue weighted by atomic mass is 32.1. The third-order valence-corrected chi connectivity index (χ3v) is 11.7. The molecule has 0 atom stereocenters. The van der Waals surface area contributed by atoms with Gasteiger partial charge in [0.15, 0.2) is 28.9 Å². The molecule has 0 fully saturated rings. The van der Waals surface area contributed by atoms with Gasteiger partial charge in [0.05, 0.1) is 0 Å². The van der Waals surface area contributed by atoms with Crippen LogP contribution in [0.5, 0.6) is 0 Å². The summed E-state index contributed by atoms with van der Waals surface area (Å²) in [5.74, 6) is 2.46. The highest BCUT2D eigenvalue weighted by Crippen LogP contribution is 2.43. The molecule has 7 aromatic carbocycles. The topological polar surface area (TPSA) is 90.7 Å². The molecule has 0 N–H and O–H groups in total. The summed E-state index contributed by atoms with van der Waals surface area (Å²) in [6, 6.07) is 55.3. The minimum Gasteiger partial charge on any atom is -0.456 e. The number of rotatable bonds is 5. The third kappa shape index (κ3) is 5.15. The van der Waals surface area contributed by atoms with E-state index in [1.807, 2.05) is 97.1 Å². The molecule has 57 heavy (non-hydrogen) atoms. The molecule has 5 aromatic heterocycles. The Balaban J connectivity index is 1.03. The van der Waals surface area contributed by atoms with Gasteiger partial charge in [-0.1, -0.05) is 115 Å². The Labute approximate surface area is 328 Å². The Morgan fingerprint density at radius 1 is 0.368 bits per heavy atom. The smallest absolute Gasteiger partial charge is 0.180 e. The summed E-state index contributed by atoms with van der Waals surface area (Å²) in [6.45, 7) is 0. The average Bonchev–Trinajstić information content (AvgIpc) is 3.97. The first-order valence-corrected chi connectivity index (χ1v) is 19.5. The number of thiophene rings is 1. The van der Waals surface area contributed by atoms with Crippen molar-refractivity contribution in [3.8, 4) is 56.8 Å². The molecule has 0 aliphatic heterocycles. The summed E-state index contributed by atoms with van der Waals surface area (Å²) in [6.07, 6.45) is 0. The first kappa shape index (κ1) is 31.8. The minimum atomic E-state index is 0.596. The first-order valence-electron chi connectivity index (χ1n) is 18.7. The van der Waals surface area contributed by atoms with Crippen LogP contribution in [0.1, 0.15) is 0 Å². The van der Waals surface area contributed by atoms with E-state index >= 15 is 0 Å². The lowest BCUT2D eigenvalue weighted by molar-refractivity contribution is 0.667. The SMILES string of the molecule is c1ccc(-c2nc(-c3ccc4c(c3)sc3cccc(-c5nc(-c6ccccc6)c6oc7ccccc7c6n5)c34)nc(-c3ccc4oc5ccccc5c4c3)n2)cc1. The molecule has 5 heterocycles. The van der Waals surface area contributed by atoms with Crippen molar-refractivity contribution in [1.82, 2.24) is 24.9 Å². The van der Waals surface area contributed by atoms with E-state index in [0.717, 1.165) is 92.1 Å². The fraction of sp³-hybridized carbons (Fsp3) is 0. The van der Waals surface area contributed by atoms with Crippen molar-refractivity contribution in [2.45, 2.75) is 0 Å². The highest BCUT2D eigenvalue weighted by molar-refractivity contribution is 7.26. The predicted octanol–water partition coefficient (Wildman–Crippen LogP) is 13.2. The summed E-state index contributed by atoms with van der Waals surface area (Å²) in [5, 5.41) is 5.27. The summed E-state index contributed by atoms with van der Waals surface area (Å²) >= 11 is 1.74. The molecule has 0 amide bonds. The quantitative estimate of drug-likeness (QED) is 0.173. The molecule has 0 spiro atoms. The van der Waals surface area contributed by atoms with E-state index in [2.05, 4.69) is 66.7 Å². The zero-order chi connectivity index (χ0) is 37.5.